The highest BCUT2D eigenvalue weighted by Gasteiger charge is 2.17. The normalized spacial score (nSPS) is 11.0. The maximum absolute atomic E-state index is 11.4. The van der Waals surface area contributed by atoms with Gasteiger partial charge < -0.3 is 19.2 Å². The SMILES string of the molecule is CCOC(=O)c1nnc(CCNC(=O)OC(C)(C)C)o1. The van der Waals surface area contributed by atoms with E-state index in [1.807, 2.05) is 0 Å². The smallest absolute Gasteiger partial charge is 0.407 e. The number of nitrogens with one attached hydrogen (secondary N) is 1. The van der Waals surface area contributed by atoms with E-state index in [2.05, 4.69) is 15.5 Å². The van der Waals surface area contributed by atoms with Crippen LogP contribution in [0.2, 0.25) is 0 Å². The molecule has 1 amide bonds. The van der Waals surface area contributed by atoms with Crippen molar-refractivity contribution in [1.82, 2.24) is 15.5 Å². The van der Waals surface area contributed by atoms with Crippen LogP contribution in [-0.2, 0) is 15.9 Å². The standard InChI is InChI=1S/C12H19N3O5/c1-5-18-10(16)9-15-14-8(19-9)6-7-13-11(17)20-12(2,3)4/h5-7H2,1-4H3,(H,13,17). The number of ether oxygens (including phenoxy) is 2. The van der Waals surface area contributed by atoms with Crippen LogP contribution < -0.4 is 5.32 Å². The fourth-order valence-electron chi connectivity index (χ4n) is 1.22. The number of hydrogen-bond acceptors (Lipinski definition) is 7. The maximum atomic E-state index is 11.4. The highest BCUT2D eigenvalue weighted by molar-refractivity contribution is 5.83. The summed E-state index contributed by atoms with van der Waals surface area (Å²) < 4.78 is 14.9. The number of nitrogens with zero attached hydrogens (tertiary/aromatic N) is 2. The van der Waals surface area contributed by atoms with Gasteiger partial charge in [0.05, 0.1) is 6.61 Å². The lowest BCUT2D eigenvalue weighted by molar-refractivity contribution is 0.0474. The third-order valence-electron chi connectivity index (χ3n) is 1.92. The van der Waals surface area contributed by atoms with E-state index in [-0.39, 0.29) is 24.9 Å². The van der Waals surface area contributed by atoms with Crippen molar-refractivity contribution in [2.45, 2.75) is 39.7 Å². The van der Waals surface area contributed by atoms with Crippen molar-refractivity contribution >= 4 is 12.1 Å². The molecule has 0 aliphatic carbocycles. The Balaban J connectivity index is 2.36. The lowest BCUT2D eigenvalue weighted by Gasteiger charge is -2.19. The van der Waals surface area contributed by atoms with Gasteiger partial charge in [-0.1, -0.05) is 0 Å². The Morgan fingerprint density at radius 1 is 1.30 bits per heavy atom. The summed E-state index contributed by atoms with van der Waals surface area (Å²) in [6, 6.07) is 0. The van der Waals surface area contributed by atoms with Gasteiger partial charge in [0.25, 0.3) is 0 Å². The summed E-state index contributed by atoms with van der Waals surface area (Å²) in [6.07, 6.45) is -0.228. The quantitative estimate of drug-likeness (QED) is 0.813. The van der Waals surface area contributed by atoms with E-state index in [1.165, 1.54) is 0 Å². The average molecular weight is 285 g/mol. The van der Waals surface area contributed by atoms with E-state index in [4.69, 9.17) is 13.9 Å². The molecule has 0 radical (unpaired) electrons. The second-order valence-electron chi connectivity index (χ2n) is 4.90. The summed E-state index contributed by atoms with van der Waals surface area (Å²) in [5, 5.41) is 9.78. The van der Waals surface area contributed by atoms with E-state index in [9.17, 15) is 9.59 Å². The van der Waals surface area contributed by atoms with Crippen LogP contribution in [0.15, 0.2) is 4.42 Å². The number of rotatable bonds is 5. The highest BCUT2D eigenvalue weighted by Crippen LogP contribution is 2.06. The number of amides is 1. The minimum atomic E-state index is -0.661. The molecule has 0 saturated heterocycles. The number of esters is 1. The Kier molecular flexibility index (Phi) is 5.48. The number of carbonyl (C=O) groups excluding carboxylic acids is 2. The minimum absolute atomic E-state index is 0.195. The zero-order chi connectivity index (χ0) is 15.2. The first-order chi connectivity index (χ1) is 9.31. The predicted octanol–water partition coefficient (Wildman–Crippen LogP) is 1.31. The number of aromatic nitrogens is 2. The zero-order valence-electron chi connectivity index (χ0n) is 12.1. The molecule has 20 heavy (non-hydrogen) atoms. The fourth-order valence-corrected chi connectivity index (χ4v) is 1.22. The molecule has 8 nitrogen and oxygen atoms in total. The third-order valence-corrected chi connectivity index (χ3v) is 1.92. The van der Waals surface area contributed by atoms with Gasteiger partial charge in [-0.25, -0.2) is 9.59 Å². The van der Waals surface area contributed by atoms with Crippen LogP contribution >= 0.6 is 0 Å². The second kappa shape index (κ2) is 6.88. The van der Waals surface area contributed by atoms with E-state index in [0.29, 0.717) is 6.42 Å². The molecule has 0 bridgehead atoms. The average Bonchev–Trinajstić information content (AvgIpc) is 2.75. The topological polar surface area (TPSA) is 104 Å². The largest absolute Gasteiger partial charge is 0.459 e. The summed E-state index contributed by atoms with van der Waals surface area (Å²) in [4.78, 5) is 22.7. The lowest BCUT2D eigenvalue weighted by atomic mass is 10.2. The van der Waals surface area contributed by atoms with Crippen molar-refractivity contribution < 1.29 is 23.5 Å². The first-order valence-corrected chi connectivity index (χ1v) is 6.28. The van der Waals surface area contributed by atoms with Crippen LogP contribution in [0.3, 0.4) is 0 Å². The van der Waals surface area contributed by atoms with E-state index in [0.717, 1.165) is 0 Å². The molecule has 1 rings (SSSR count). The van der Waals surface area contributed by atoms with Gasteiger partial charge >= 0.3 is 18.0 Å². The van der Waals surface area contributed by atoms with Crippen molar-refractivity contribution in [2.75, 3.05) is 13.2 Å². The van der Waals surface area contributed by atoms with Crippen molar-refractivity contribution in [1.29, 1.82) is 0 Å². The van der Waals surface area contributed by atoms with Crippen molar-refractivity contribution in [3.8, 4) is 0 Å². The Hall–Kier alpha value is -2.12. The molecule has 112 valence electrons. The van der Waals surface area contributed by atoms with Gasteiger partial charge in [-0.3, -0.25) is 0 Å². The Bertz CT molecular complexity index is 464. The van der Waals surface area contributed by atoms with Crippen molar-refractivity contribution in [3.05, 3.63) is 11.8 Å². The summed E-state index contributed by atoms with van der Waals surface area (Å²) in [7, 11) is 0. The molecule has 0 spiro atoms. The molecule has 8 heteroatoms. The van der Waals surface area contributed by atoms with Crippen LogP contribution in [0, 0.1) is 0 Å². The van der Waals surface area contributed by atoms with Gasteiger partial charge in [-0.15, -0.1) is 10.2 Å². The highest BCUT2D eigenvalue weighted by atomic mass is 16.6. The number of hydrogen-bond donors (Lipinski definition) is 1. The molecular formula is C12H19N3O5. The van der Waals surface area contributed by atoms with Crippen LogP contribution in [0.25, 0.3) is 0 Å². The van der Waals surface area contributed by atoms with E-state index >= 15 is 0 Å². The van der Waals surface area contributed by atoms with Gasteiger partial charge in [0.2, 0.25) is 5.89 Å². The van der Waals surface area contributed by atoms with E-state index in [1.54, 1.807) is 27.7 Å². The first kappa shape index (κ1) is 15.9. The molecular weight excluding hydrogens is 266 g/mol. The molecule has 0 aliphatic heterocycles. The first-order valence-electron chi connectivity index (χ1n) is 6.28. The van der Waals surface area contributed by atoms with Crippen molar-refractivity contribution in [2.24, 2.45) is 0 Å². The molecule has 0 unspecified atom stereocenters. The Morgan fingerprint density at radius 3 is 2.60 bits per heavy atom. The molecule has 1 N–H and O–H groups in total. The molecule has 0 aromatic carbocycles. The second-order valence-corrected chi connectivity index (χ2v) is 4.90. The van der Waals surface area contributed by atoms with E-state index < -0.39 is 17.7 Å². The zero-order valence-corrected chi connectivity index (χ0v) is 12.1. The molecule has 0 fully saturated rings. The lowest BCUT2D eigenvalue weighted by Crippen LogP contribution is -2.33. The molecule has 1 heterocycles. The monoisotopic (exact) mass is 285 g/mol. The van der Waals surface area contributed by atoms with Gasteiger partial charge in [0.15, 0.2) is 0 Å². The maximum Gasteiger partial charge on any atom is 0.407 e. The van der Waals surface area contributed by atoms with Crippen molar-refractivity contribution in [3.63, 3.8) is 0 Å². The van der Waals surface area contributed by atoms with Crippen LogP contribution in [-0.4, -0.2) is 41.0 Å². The van der Waals surface area contributed by atoms with Crippen LogP contribution in [0.5, 0.6) is 0 Å². The fraction of sp³-hybridized carbons (Fsp3) is 0.667. The summed E-state index contributed by atoms with van der Waals surface area (Å²) >= 11 is 0. The molecule has 0 aliphatic rings. The summed E-state index contributed by atoms with van der Waals surface area (Å²) in [6.45, 7) is 7.50. The van der Waals surface area contributed by atoms with Crippen LogP contribution in [0.1, 0.15) is 44.3 Å². The number of carbonyl (C=O) groups is 2. The van der Waals surface area contributed by atoms with Gasteiger partial charge in [0, 0.05) is 13.0 Å². The van der Waals surface area contributed by atoms with Crippen LogP contribution in [0.4, 0.5) is 4.79 Å². The Morgan fingerprint density at radius 2 is 2.00 bits per heavy atom. The molecule has 1 aromatic heterocycles. The molecule has 0 atom stereocenters. The Labute approximate surface area is 116 Å². The van der Waals surface area contributed by atoms with Gasteiger partial charge in [-0.2, -0.15) is 0 Å². The van der Waals surface area contributed by atoms with Gasteiger partial charge in [0.1, 0.15) is 5.60 Å². The predicted molar refractivity (Wildman–Crippen MR) is 68.2 cm³/mol. The third kappa shape index (κ3) is 5.68. The molecule has 0 saturated carbocycles. The van der Waals surface area contributed by atoms with Gasteiger partial charge in [-0.05, 0) is 27.7 Å². The molecule has 1 aromatic rings. The minimum Gasteiger partial charge on any atom is -0.459 e. The summed E-state index contributed by atoms with van der Waals surface area (Å²) in [5.41, 5.74) is -0.550. The summed E-state index contributed by atoms with van der Waals surface area (Å²) in [5.74, 6) is -0.616. The number of alkyl carbamates (subject to hydrolysis) is 1.